The summed E-state index contributed by atoms with van der Waals surface area (Å²) in [6, 6.07) is 13.0. The van der Waals surface area contributed by atoms with Gasteiger partial charge in [-0.15, -0.1) is 0 Å². The highest BCUT2D eigenvalue weighted by molar-refractivity contribution is 5.85. The lowest BCUT2D eigenvalue weighted by Gasteiger charge is -2.17. The van der Waals surface area contributed by atoms with E-state index in [-0.39, 0.29) is 6.79 Å². The van der Waals surface area contributed by atoms with Crippen molar-refractivity contribution < 1.29 is 23.7 Å². The second-order valence-corrected chi connectivity index (χ2v) is 5.33. The predicted octanol–water partition coefficient (Wildman–Crippen LogP) is 3.69. The number of carbonyl (C=O) groups excluding carboxylic acids is 1. The molecule has 0 N–H and O–H groups in total. The molecule has 0 aliphatic carbocycles. The van der Waals surface area contributed by atoms with E-state index in [1.54, 1.807) is 19.2 Å². The highest BCUT2D eigenvalue weighted by Gasteiger charge is 2.12. The number of fused-ring (bicyclic) bond motifs is 1. The van der Waals surface area contributed by atoms with Crippen molar-refractivity contribution >= 4 is 17.6 Å². The minimum Gasteiger partial charge on any atom is -0.497 e. The normalized spacial score (nSPS) is 13.4. The first-order valence-corrected chi connectivity index (χ1v) is 7.73. The fourth-order valence-corrected chi connectivity index (χ4v) is 2.44. The van der Waals surface area contributed by atoms with Crippen LogP contribution in [-0.4, -0.2) is 26.5 Å². The zero-order chi connectivity index (χ0) is 17.6. The molecule has 0 spiro atoms. The molecule has 3 rings (SSSR count). The molecule has 1 heterocycles. The van der Waals surface area contributed by atoms with Gasteiger partial charge in [-0.2, -0.15) is 0 Å². The zero-order valence-electron chi connectivity index (χ0n) is 13.9. The number of methoxy groups -OCH3 is 1. The lowest BCUT2D eigenvalue weighted by molar-refractivity contribution is -0.128. The van der Waals surface area contributed by atoms with Gasteiger partial charge < -0.3 is 18.9 Å². The van der Waals surface area contributed by atoms with Gasteiger partial charge in [0.05, 0.1) is 13.7 Å². The monoisotopic (exact) mass is 338 g/mol. The Labute approximate surface area is 146 Å². The molecule has 0 fully saturated rings. The molecule has 128 valence electrons. The third kappa shape index (κ3) is 4.08. The molecule has 25 heavy (non-hydrogen) atoms. The van der Waals surface area contributed by atoms with Crippen LogP contribution in [0.1, 0.15) is 11.1 Å². The Morgan fingerprint density at radius 2 is 1.92 bits per heavy atom. The molecule has 0 aromatic heterocycles. The van der Waals surface area contributed by atoms with E-state index in [9.17, 15) is 4.79 Å². The summed E-state index contributed by atoms with van der Waals surface area (Å²) in [6.07, 6.45) is 3.11. The zero-order valence-corrected chi connectivity index (χ0v) is 13.9. The van der Waals surface area contributed by atoms with Gasteiger partial charge in [-0.25, -0.2) is 4.79 Å². The second kappa shape index (κ2) is 7.68. The number of hydrogen-bond donors (Lipinski definition) is 0. The van der Waals surface area contributed by atoms with Gasteiger partial charge in [-0.3, -0.25) is 0 Å². The van der Waals surface area contributed by atoms with Crippen LogP contribution in [0.5, 0.6) is 17.2 Å². The van der Waals surface area contributed by atoms with E-state index >= 15 is 0 Å². The smallest absolute Gasteiger partial charge is 0.335 e. The first-order chi connectivity index (χ1) is 12.2. The molecule has 1 aliphatic rings. The molecule has 0 saturated heterocycles. The SMILES string of the molecule is C=CC(=O)Oc1ccc2c(c1)OCOCC(c1ccc(OC)cc1)=C2. The molecule has 0 atom stereocenters. The number of benzene rings is 2. The van der Waals surface area contributed by atoms with Gasteiger partial charge >= 0.3 is 5.97 Å². The van der Waals surface area contributed by atoms with E-state index in [1.807, 2.05) is 36.4 Å². The molecular formula is C20H18O5. The van der Waals surface area contributed by atoms with Crippen LogP contribution in [0.25, 0.3) is 11.6 Å². The van der Waals surface area contributed by atoms with Gasteiger partial charge in [0.25, 0.3) is 0 Å². The van der Waals surface area contributed by atoms with Gasteiger partial charge in [0, 0.05) is 17.7 Å². The minimum atomic E-state index is -0.517. The van der Waals surface area contributed by atoms with E-state index in [4.69, 9.17) is 18.9 Å². The van der Waals surface area contributed by atoms with E-state index in [0.29, 0.717) is 18.1 Å². The molecule has 2 aromatic carbocycles. The molecular weight excluding hydrogens is 320 g/mol. The van der Waals surface area contributed by atoms with Gasteiger partial charge in [0.15, 0.2) is 6.79 Å². The predicted molar refractivity (Wildman–Crippen MR) is 94.6 cm³/mol. The van der Waals surface area contributed by atoms with Crippen molar-refractivity contribution in [3.8, 4) is 17.2 Å². The number of hydrogen-bond acceptors (Lipinski definition) is 5. The van der Waals surface area contributed by atoms with Gasteiger partial charge in [-0.1, -0.05) is 18.7 Å². The number of esters is 1. The highest BCUT2D eigenvalue weighted by Crippen LogP contribution is 2.31. The van der Waals surface area contributed by atoms with Crippen LogP contribution in [0.4, 0.5) is 0 Å². The Balaban J connectivity index is 1.93. The van der Waals surface area contributed by atoms with Crippen LogP contribution < -0.4 is 14.2 Å². The summed E-state index contributed by atoms with van der Waals surface area (Å²) in [6.45, 7) is 3.92. The Kier molecular flexibility index (Phi) is 5.16. The Morgan fingerprint density at radius 3 is 2.64 bits per heavy atom. The minimum absolute atomic E-state index is 0.110. The first kappa shape index (κ1) is 16.8. The Bertz CT molecular complexity index is 805. The van der Waals surface area contributed by atoms with Crippen LogP contribution in [0.2, 0.25) is 0 Å². The molecule has 0 bridgehead atoms. The third-order valence-corrected chi connectivity index (χ3v) is 3.72. The quantitative estimate of drug-likeness (QED) is 0.483. The fraction of sp³-hybridized carbons (Fsp3) is 0.150. The maximum atomic E-state index is 11.3. The summed E-state index contributed by atoms with van der Waals surface area (Å²) in [4.78, 5) is 11.3. The molecule has 0 amide bonds. The lowest BCUT2D eigenvalue weighted by atomic mass is 10.0. The Morgan fingerprint density at radius 1 is 1.16 bits per heavy atom. The van der Waals surface area contributed by atoms with Crippen LogP contribution >= 0.6 is 0 Å². The summed E-state index contributed by atoms with van der Waals surface area (Å²) in [7, 11) is 1.64. The van der Waals surface area contributed by atoms with Crippen molar-refractivity contribution in [1.82, 2.24) is 0 Å². The topological polar surface area (TPSA) is 54.0 Å². The van der Waals surface area contributed by atoms with Gasteiger partial charge in [-0.05, 0) is 41.5 Å². The maximum absolute atomic E-state index is 11.3. The number of carbonyl (C=O) groups is 1. The standard InChI is InChI=1S/C20H18O5/c1-3-20(21)25-18-9-6-15-10-16(12-23-13-24-19(15)11-18)14-4-7-17(22-2)8-5-14/h3-11H,1,12-13H2,2H3. The van der Waals surface area contributed by atoms with Crippen molar-refractivity contribution in [2.75, 3.05) is 20.5 Å². The van der Waals surface area contributed by atoms with Crippen LogP contribution in [0, 0.1) is 0 Å². The molecule has 5 heteroatoms. The van der Waals surface area contributed by atoms with Crippen molar-refractivity contribution in [1.29, 1.82) is 0 Å². The van der Waals surface area contributed by atoms with E-state index in [2.05, 4.69) is 6.58 Å². The molecule has 0 unspecified atom stereocenters. The molecule has 2 aromatic rings. The summed E-state index contributed by atoms with van der Waals surface area (Å²) in [5, 5.41) is 0. The highest BCUT2D eigenvalue weighted by atomic mass is 16.7. The third-order valence-electron chi connectivity index (χ3n) is 3.72. The number of rotatable bonds is 4. The average molecular weight is 338 g/mol. The Hall–Kier alpha value is -3.05. The van der Waals surface area contributed by atoms with Crippen LogP contribution in [-0.2, 0) is 9.53 Å². The molecule has 0 radical (unpaired) electrons. The van der Waals surface area contributed by atoms with Crippen molar-refractivity contribution in [3.05, 3.63) is 66.2 Å². The summed E-state index contributed by atoms with van der Waals surface area (Å²) in [5.41, 5.74) is 2.94. The largest absolute Gasteiger partial charge is 0.497 e. The molecule has 5 nitrogen and oxygen atoms in total. The molecule has 0 saturated carbocycles. The summed E-state index contributed by atoms with van der Waals surface area (Å²) >= 11 is 0. The van der Waals surface area contributed by atoms with Crippen LogP contribution in [0.15, 0.2) is 55.1 Å². The lowest BCUT2D eigenvalue weighted by Crippen LogP contribution is -2.10. The van der Waals surface area contributed by atoms with Gasteiger partial charge in [0.2, 0.25) is 0 Å². The maximum Gasteiger partial charge on any atom is 0.335 e. The van der Waals surface area contributed by atoms with Crippen LogP contribution in [0.3, 0.4) is 0 Å². The fourth-order valence-electron chi connectivity index (χ4n) is 2.44. The van der Waals surface area contributed by atoms with E-state index in [0.717, 1.165) is 28.5 Å². The summed E-state index contributed by atoms with van der Waals surface area (Å²) in [5.74, 6) is 1.26. The molecule has 1 aliphatic heterocycles. The van der Waals surface area contributed by atoms with Gasteiger partial charge in [0.1, 0.15) is 17.2 Å². The first-order valence-electron chi connectivity index (χ1n) is 7.73. The second-order valence-electron chi connectivity index (χ2n) is 5.33. The average Bonchev–Trinajstić information content (AvgIpc) is 2.63. The van der Waals surface area contributed by atoms with E-state index < -0.39 is 5.97 Å². The summed E-state index contributed by atoms with van der Waals surface area (Å²) < 4.78 is 21.5. The van der Waals surface area contributed by atoms with Crippen molar-refractivity contribution in [2.45, 2.75) is 0 Å². The van der Waals surface area contributed by atoms with E-state index in [1.165, 1.54) is 0 Å². The van der Waals surface area contributed by atoms with Crippen molar-refractivity contribution in [3.63, 3.8) is 0 Å². The number of ether oxygens (including phenoxy) is 4. The van der Waals surface area contributed by atoms with Crippen molar-refractivity contribution in [2.24, 2.45) is 0 Å².